The number of carbonyl (C=O) groups is 1. The minimum Gasteiger partial charge on any atom is -0.486 e. The van der Waals surface area contributed by atoms with Gasteiger partial charge in [-0.25, -0.2) is 0 Å². The van der Waals surface area contributed by atoms with Gasteiger partial charge in [-0.3, -0.25) is 9.89 Å². The van der Waals surface area contributed by atoms with Gasteiger partial charge in [-0.2, -0.15) is 5.10 Å². The highest BCUT2D eigenvalue weighted by Gasteiger charge is 2.42. The Bertz CT molecular complexity index is 892. The zero-order valence-corrected chi connectivity index (χ0v) is 17.1. The normalized spacial score (nSPS) is 19.8. The number of fused-ring (bicyclic) bond motifs is 3. The Morgan fingerprint density at radius 2 is 2.00 bits per heavy atom. The summed E-state index contributed by atoms with van der Waals surface area (Å²) in [6, 6.07) is 5.96. The highest BCUT2D eigenvalue weighted by Crippen LogP contribution is 2.40. The van der Waals surface area contributed by atoms with E-state index in [2.05, 4.69) is 10.2 Å². The van der Waals surface area contributed by atoms with Gasteiger partial charge in [0.2, 0.25) is 5.91 Å². The molecule has 7 nitrogen and oxygen atoms in total. The number of ether oxygens (including phenoxy) is 3. The van der Waals surface area contributed by atoms with Crippen molar-refractivity contribution in [1.82, 2.24) is 15.1 Å². The number of carbonyl (C=O) groups excluding carboxylic acids is 1. The Kier molecular flexibility index (Phi) is 5.13. The first-order chi connectivity index (χ1) is 14.2. The van der Waals surface area contributed by atoms with Gasteiger partial charge in [0.05, 0.1) is 18.5 Å². The number of aromatic amines is 1. The van der Waals surface area contributed by atoms with Gasteiger partial charge in [0.15, 0.2) is 11.5 Å². The van der Waals surface area contributed by atoms with Crippen molar-refractivity contribution in [3.8, 4) is 11.5 Å². The second-order valence-electron chi connectivity index (χ2n) is 7.65. The molecular weight excluding hydrogens is 390 g/mol. The topological polar surface area (TPSA) is 76.7 Å². The largest absolute Gasteiger partial charge is 0.486 e. The van der Waals surface area contributed by atoms with E-state index in [1.165, 1.54) is 5.56 Å². The molecule has 1 N–H and O–H groups in total. The number of benzene rings is 1. The molecule has 0 unspecified atom stereocenters. The molecule has 3 aliphatic rings. The van der Waals surface area contributed by atoms with Crippen LogP contribution < -0.4 is 9.47 Å². The number of piperidine rings is 1. The molecule has 8 heteroatoms. The van der Waals surface area contributed by atoms with E-state index in [-0.39, 0.29) is 11.5 Å². The van der Waals surface area contributed by atoms with E-state index in [0.29, 0.717) is 19.6 Å². The number of nitrogens with zero attached hydrogens (tertiary/aromatic N) is 2. The molecule has 1 saturated heterocycles. The maximum atomic E-state index is 12.7. The smallest absolute Gasteiger partial charge is 0.223 e. The fraction of sp³-hybridized carbons (Fsp3) is 0.524. The molecule has 2 aromatic rings. The summed E-state index contributed by atoms with van der Waals surface area (Å²) in [4.78, 5) is 15.8. The quantitative estimate of drug-likeness (QED) is 0.774. The Balaban J connectivity index is 1.13. The Morgan fingerprint density at radius 3 is 2.86 bits per heavy atom. The molecule has 3 aliphatic heterocycles. The average molecular weight is 416 g/mol. The van der Waals surface area contributed by atoms with Crippen LogP contribution in [0.15, 0.2) is 29.3 Å². The van der Waals surface area contributed by atoms with Crippen LogP contribution in [0.5, 0.6) is 11.5 Å². The molecule has 29 heavy (non-hydrogen) atoms. The highest BCUT2D eigenvalue weighted by atomic mass is 32.2. The zero-order chi connectivity index (χ0) is 19.7. The minimum absolute atomic E-state index is 0.213. The fourth-order valence-electron chi connectivity index (χ4n) is 4.36. The van der Waals surface area contributed by atoms with Crippen molar-refractivity contribution in [1.29, 1.82) is 0 Å². The number of amides is 1. The predicted octanol–water partition coefficient (Wildman–Crippen LogP) is 2.75. The first-order valence-electron chi connectivity index (χ1n) is 10.2. The highest BCUT2D eigenvalue weighted by molar-refractivity contribution is 7.99. The van der Waals surface area contributed by atoms with Crippen LogP contribution in [-0.4, -0.2) is 59.7 Å². The van der Waals surface area contributed by atoms with Gasteiger partial charge in [0.25, 0.3) is 0 Å². The van der Waals surface area contributed by atoms with E-state index in [9.17, 15) is 4.79 Å². The Morgan fingerprint density at radius 1 is 1.17 bits per heavy atom. The summed E-state index contributed by atoms with van der Waals surface area (Å²) in [5.41, 5.74) is 2.08. The van der Waals surface area contributed by atoms with Crippen molar-refractivity contribution in [2.45, 2.75) is 36.2 Å². The molecular formula is C21H25N3O4S. The summed E-state index contributed by atoms with van der Waals surface area (Å²) in [5.74, 6) is 2.55. The second kappa shape index (κ2) is 7.91. The molecule has 0 radical (unpaired) electrons. The first-order valence-corrected chi connectivity index (χ1v) is 11.2. The molecule has 0 saturated carbocycles. The lowest BCUT2D eigenvalue weighted by Crippen LogP contribution is -2.48. The lowest BCUT2D eigenvalue weighted by molar-refractivity contribution is -0.140. The number of thioether (sulfide) groups is 1. The van der Waals surface area contributed by atoms with E-state index in [4.69, 9.17) is 14.2 Å². The van der Waals surface area contributed by atoms with Crippen LogP contribution in [0, 0.1) is 0 Å². The lowest BCUT2D eigenvalue weighted by Gasteiger charge is -2.43. The number of aromatic nitrogens is 2. The first kappa shape index (κ1) is 18.8. The van der Waals surface area contributed by atoms with Crippen molar-refractivity contribution in [3.05, 3.63) is 35.7 Å². The molecule has 1 aromatic heterocycles. The maximum absolute atomic E-state index is 12.7. The number of hydrogen-bond acceptors (Lipinski definition) is 6. The summed E-state index contributed by atoms with van der Waals surface area (Å²) in [6.07, 6.45) is 4.99. The van der Waals surface area contributed by atoms with Crippen molar-refractivity contribution in [2.75, 3.05) is 38.7 Å². The van der Waals surface area contributed by atoms with Gasteiger partial charge in [0, 0.05) is 30.2 Å². The SMILES string of the molecule is O=C(CCSc1ccc2c(c1)OCCO2)N1CCC2(CC1)OCCc1cn[nH]c12. The number of likely N-dealkylation sites (tertiary alicyclic amines) is 1. The summed E-state index contributed by atoms with van der Waals surface area (Å²) in [5, 5.41) is 7.33. The van der Waals surface area contributed by atoms with Crippen LogP contribution in [0.1, 0.15) is 30.5 Å². The number of hydrogen-bond donors (Lipinski definition) is 1. The monoisotopic (exact) mass is 415 g/mol. The van der Waals surface area contributed by atoms with Gasteiger partial charge < -0.3 is 19.1 Å². The van der Waals surface area contributed by atoms with Crippen molar-refractivity contribution >= 4 is 17.7 Å². The third-order valence-electron chi connectivity index (χ3n) is 5.95. The van der Waals surface area contributed by atoms with Crippen molar-refractivity contribution in [2.24, 2.45) is 0 Å². The molecule has 1 fully saturated rings. The fourth-order valence-corrected chi connectivity index (χ4v) is 5.23. The molecule has 0 aliphatic carbocycles. The van der Waals surface area contributed by atoms with Gasteiger partial charge >= 0.3 is 0 Å². The molecule has 4 heterocycles. The van der Waals surface area contributed by atoms with Crippen LogP contribution >= 0.6 is 11.8 Å². The predicted molar refractivity (Wildman–Crippen MR) is 109 cm³/mol. The van der Waals surface area contributed by atoms with E-state index < -0.39 is 0 Å². The van der Waals surface area contributed by atoms with E-state index in [1.54, 1.807) is 11.8 Å². The third kappa shape index (κ3) is 3.71. The molecule has 1 spiro atoms. The summed E-state index contributed by atoms with van der Waals surface area (Å²) in [7, 11) is 0. The molecule has 5 rings (SSSR count). The van der Waals surface area contributed by atoms with E-state index >= 15 is 0 Å². The minimum atomic E-state index is -0.291. The van der Waals surface area contributed by atoms with Crippen LogP contribution in [0.2, 0.25) is 0 Å². The second-order valence-corrected chi connectivity index (χ2v) is 8.82. The average Bonchev–Trinajstić information content (AvgIpc) is 3.25. The molecule has 0 atom stereocenters. The van der Waals surface area contributed by atoms with Gasteiger partial charge in [-0.1, -0.05) is 0 Å². The Hall–Kier alpha value is -2.19. The summed E-state index contributed by atoms with van der Waals surface area (Å²) >= 11 is 1.68. The molecule has 1 aromatic carbocycles. The zero-order valence-electron chi connectivity index (χ0n) is 16.3. The number of nitrogens with one attached hydrogen (secondary N) is 1. The van der Waals surface area contributed by atoms with Crippen molar-refractivity contribution < 1.29 is 19.0 Å². The van der Waals surface area contributed by atoms with Crippen molar-refractivity contribution in [3.63, 3.8) is 0 Å². The van der Waals surface area contributed by atoms with Gasteiger partial charge in [-0.15, -0.1) is 11.8 Å². The lowest BCUT2D eigenvalue weighted by atomic mass is 9.83. The summed E-state index contributed by atoms with van der Waals surface area (Å²) in [6.45, 7) is 3.36. The summed E-state index contributed by atoms with van der Waals surface area (Å²) < 4.78 is 17.3. The maximum Gasteiger partial charge on any atom is 0.223 e. The van der Waals surface area contributed by atoms with Crippen LogP contribution in [0.4, 0.5) is 0 Å². The van der Waals surface area contributed by atoms with Crippen LogP contribution in [-0.2, 0) is 21.6 Å². The molecule has 0 bridgehead atoms. The van der Waals surface area contributed by atoms with E-state index in [1.807, 2.05) is 29.3 Å². The van der Waals surface area contributed by atoms with Gasteiger partial charge in [0.1, 0.15) is 18.8 Å². The number of H-pyrrole nitrogens is 1. The standard InChI is InChI=1S/C21H25N3O4S/c25-19(4-12-29-16-1-2-17-18(13-16)27-11-10-26-17)24-7-5-21(6-8-24)20-15(3-9-28-21)14-22-23-20/h1-2,13-14H,3-12H2,(H,22,23). The van der Waals surface area contributed by atoms with E-state index in [0.717, 1.165) is 66.8 Å². The van der Waals surface area contributed by atoms with Crippen LogP contribution in [0.25, 0.3) is 0 Å². The number of rotatable bonds is 4. The third-order valence-corrected chi connectivity index (χ3v) is 6.94. The van der Waals surface area contributed by atoms with Gasteiger partial charge in [-0.05, 0) is 43.0 Å². The molecule has 1 amide bonds. The molecule has 154 valence electrons. The van der Waals surface area contributed by atoms with Crippen LogP contribution in [0.3, 0.4) is 0 Å². The Labute approximate surface area is 174 Å².